The minimum Gasteiger partial charge on any atom is -0.343 e. The highest BCUT2D eigenvalue weighted by Crippen LogP contribution is 2.32. The fourth-order valence-electron chi connectivity index (χ4n) is 3.95. The quantitative estimate of drug-likeness (QED) is 0.454. The second-order valence-electron chi connectivity index (χ2n) is 7.94. The highest BCUT2D eigenvalue weighted by Gasteiger charge is 2.26. The minimum absolute atomic E-state index is 0.116. The fourth-order valence-corrected chi connectivity index (χ4v) is 5.05. The predicted molar refractivity (Wildman–Crippen MR) is 134 cm³/mol. The van der Waals surface area contributed by atoms with E-state index in [9.17, 15) is 9.59 Å². The number of para-hydroxylation sites is 1. The van der Waals surface area contributed by atoms with Crippen LogP contribution in [0.2, 0.25) is 5.02 Å². The number of nitrogens with zero attached hydrogens (tertiary/aromatic N) is 2. The highest BCUT2D eigenvalue weighted by atomic mass is 35.5. The van der Waals surface area contributed by atoms with Gasteiger partial charge in [-0.1, -0.05) is 41.9 Å². The molecular formula is C26H24ClN3O2S. The van der Waals surface area contributed by atoms with Crippen molar-refractivity contribution in [1.29, 1.82) is 0 Å². The van der Waals surface area contributed by atoms with Gasteiger partial charge in [0.05, 0.1) is 5.01 Å². The number of piperidine rings is 1. The SMILES string of the molecule is C#CCCC(=O)N1CCC(c2nc(C(=O)Nc3ccccc3-c3ccc(Cl)cc3)cs2)CC1. The van der Waals surface area contributed by atoms with Gasteiger partial charge in [-0.2, -0.15) is 0 Å². The Morgan fingerprint density at radius 2 is 1.88 bits per heavy atom. The Kier molecular flexibility index (Phi) is 7.43. The summed E-state index contributed by atoms with van der Waals surface area (Å²) in [6.07, 6.45) is 7.82. The first-order valence-electron chi connectivity index (χ1n) is 10.9. The summed E-state index contributed by atoms with van der Waals surface area (Å²) >= 11 is 7.51. The summed E-state index contributed by atoms with van der Waals surface area (Å²) in [7, 11) is 0. The van der Waals surface area contributed by atoms with Gasteiger partial charge >= 0.3 is 0 Å². The molecule has 0 atom stereocenters. The van der Waals surface area contributed by atoms with Crippen LogP contribution in [-0.2, 0) is 4.79 Å². The van der Waals surface area contributed by atoms with Gasteiger partial charge in [-0.3, -0.25) is 9.59 Å². The number of halogens is 1. The lowest BCUT2D eigenvalue weighted by Crippen LogP contribution is -2.37. The van der Waals surface area contributed by atoms with Crippen LogP contribution in [0, 0.1) is 12.3 Å². The molecule has 1 saturated heterocycles. The van der Waals surface area contributed by atoms with Crippen LogP contribution in [0.3, 0.4) is 0 Å². The summed E-state index contributed by atoms with van der Waals surface area (Å²) < 4.78 is 0. The Morgan fingerprint density at radius 1 is 1.15 bits per heavy atom. The van der Waals surface area contributed by atoms with E-state index in [1.807, 2.05) is 53.4 Å². The molecule has 0 saturated carbocycles. The lowest BCUT2D eigenvalue weighted by Gasteiger charge is -2.31. The molecule has 2 heterocycles. The van der Waals surface area contributed by atoms with Crippen molar-refractivity contribution in [3.05, 3.63) is 69.6 Å². The number of hydrogen-bond donors (Lipinski definition) is 1. The van der Waals surface area contributed by atoms with Crippen LogP contribution in [0.15, 0.2) is 53.9 Å². The number of thiazole rings is 1. The van der Waals surface area contributed by atoms with Crippen molar-refractivity contribution in [2.45, 2.75) is 31.6 Å². The number of hydrogen-bond acceptors (Lipinski definition) is 4. The molecule has 1 aliphatic rings. The van der Waals surface area contributed by atoms with Crippen LogP contribution < -0.4 is 5.32 Å². The zero-order valence-electron chi connectivity index (χ0n) is 18.1. The molecule has 1 aliphatic heterocycles. The van der Waals surface area contributed by atoms with Gasteiger partial charge in [-0.25, -0.2) is 4.98 Å². The topological polar surface area (TPSA) is 62.3 Å². The zero-order chi connectivity index (χ0) is 23.2. The maximum atomic E-state index is 12.9. The van der Waals surface area contributed by atoms with Crippen LogP contribution in [0.4, 0.5) is 5.69 Å². The molecule has 0 aliphatic carbocycles. The Bertz CT molecular complexity index is 1170. The number of carbonyl (C=O) groups excluding carboxylic acids is 2. The molecule has 168 valence electrons. The summed E-state index contributed by atoms with van der Waals surface area (Å²) in [6.45, 7) is 1.40. The van der Waals surface area contributed by atoms with Gasteiger partial charge in [0.1, 0.15) is 5.69 Å². The van der Waals surface area contributed by atoms with E-state index < -0.39 is 0 Å². The van der Waals surface area contributed by atoms with Crippen LogP contribution in [0.1, 0.15) is 47.1 Å². The monoisotopic (exact) mass is 477 g/mol. The number of anilines is 1. The molecule has 2 amide bonds. The molecule has 0 radical (unpaired) electrons. The van der Waals surface area contributed by atoms with E-state index in [2.05, 4.69) is 16.2 Å². The molecule has 0 unspecified atom stereocenters. The van der Waals surface area contributed by atoms with E-state index in [1.54, 1.807) is 5.38 Å². The lowest BCUT2D eigenvalue weighted by molar-refractivity contribution is -0.132. The largest absolute Gasteiger partial charge is 0.343 e. The fraction of sp³-hybridized carbons (Fsp3) is 0.269. The van der Waals surface area contributed by atoms with Crippen LogP contribution in [-0.4, -0.2) is 34.8 Å². The smallest absolute Gasteiger partial charge is 0.275 e. The molecule has 0 bridgehead atoms. The first-order valence-corrected chi connectivity index (χ1v) is 12.1. The third-order valence-electron chi connectivity index (χ3n) is 5.77. The summed E-state index contributed by atoms with van der Waals surface area (Å²) in [5, 5.41) is 6.42. The first kappa shape index (κ1) is 23.0. The first-order chi connectivity index (χ1) is 16.0. The van der Waals surface area contributed by atoms with E-state index in [-0.39, 0.29) is 17.7 Å². The number of aromatic nitrogens is 1. The number of carbonyl (C=O) groups is 2. The predicted octanol–water partition coefficient (Wildman–Crippen LogP) is 5.84. The second-order valence-corrected chi connectivity index (χ2v) is 9.26. The van der Waals surface area contributed by atoms with Gasteiger partial charge in [0.2, 0.25) is 5.91 Å². The summed E-state index contributed by atoms with van der Waals surface area (Å²) in [5.74, 6) is 2.66. The van der Waals surface area contributed by atoms with Crippen molar-refractivity contribution >= 4 is 40.4 Å². The van der Waals surface area contributed by atoms with Crippen molar-refractivity contribution in [2.75, 3.05) is 18.4 Å². The molecule has 1 N–H and O–H groups in total. The van der Waals surface area contributed by atoms with Gasteiger partial charge in [0, 0.05) is 53.5 Å². The summed E-state index contributed by atoms with van der Waals surface area (Å²) in [4.78, 5) is 31.6. The lowest BCUT2D eigenvalue weighted by atomic mass is 9.97. The van der Waals surface area contributed by atoms with Gasteiger partial charge in [-0.15, -0.1) is 23.7 Å². The van der Waals surface area contributed by atoms with Gasteiger partial charge in [0.25, 0.3) is 5.91 Å². The van der Waals surface area contributed by atoms with E-state index in [0.717, 1.165) is 34.7 Å². The average molecular weight is 478 g/mol. The molecule has 2 aromatic carbocycles. The van der Waals surface area contributed by atoms with Crippen molar-refractivity contribution in [3.63, 3.8) is 0 Å². The molecule has 7 heteroatoms. The number of terminal acetylenes is 1. The molecule has 33 heavy (non-hydrogen) atoms. The second kappa shape index (κ2) is 10.7. The van der Waals surface area contributed by atoms with Gasteiger partial charge < -0.3 is 10.2 Å². The number of amides is 2. The number of rotatable bonds is 6. The third kappa shape index (κ3) is 5.62. The van der Waals surface area contributed by atoms with E-state index in [0.29, 0.717) is 36.6 Å². The molecule has 3 aromatic rings. The zero-order valence-corrected chi connectivity index (χ0v) is 19.7. The summed E-state index contributed by atoms with van der Waals surface area (Å²) in [6, 6.07) is 15.2. The Morgan fingerprint density at radius 3 is 2.61 bits per heavy atom. The van der Waals surface area contributed by atoms with E-state index in [1.165, 1.54) is 11.3 Å². The van der Waals surface area contributed by atoms with E-state index in [4.69, 9.17) is 18.0 Å². The van der Waals surface area contributed by atoms with Crippen molar-refractivity contribution < 1.29 is 9.59 Å². The summed E-state index contributed by atoms with van der Waals surface area (Å²) in [5.41, 5.74) is 3.02. The van der Waals surface area contributed by atoms with Gasteiger partial charge in [0.15, 0.2) is 0 Å². The third-order valence-corrected chi connectivity index (χ3v) is 7.02. The van der Waals surface area contributed by atoms with Crippen LogP contribution in [0.5, 0.6) is 0 Å². The molecule has 4 rings (SSSR count). The van der Waals surface area contributed by atoms with E-state index >= 15 is 0 Å². The van der Waals surface area contributed by atoms with Crippen LogP contribution >= 0.6 is 22.9 Å². The molecule has 1 fully saturated rings. The normalized spacial score (nSPS) is 14.0. The Hall–Kier alpha value is -3.14. The average Bonchev–Trinajstić information content (AvgIpc) is 3.34. The van der Waals surface area contributed by atoms with Crippen molar-refractivity contribution in [2.24, 2.45) is 0 Å². The van der Waals surface area contributed by atoms with Crippen molar-refractivity contribution in [3.8, 4) is 23.5 Å². The Labute approximate surface area is 202 Å². The number of nitrogens with one attached hydrogen (secondary N) is 1. The maximum Gasteiger partial charge on any atom is 0.275 e. The minimum atomic E-state index is -0.235. The molecule has 5 nitrogen and oxygen atoms in total. The van der Waals surface area contributed by atoms with Crippen LogP contribution in [0.25, 0.3) is 11.1 Å². The number of benzene rings is 2. The molecular weight excluding hydrogens is 454 g/mol. The number of likely N-dealkylation sites (tertiary alicyclic amines) is 1. The molecule has 1 aromatic heterocycles. The highest BCUT2D eigenvalue weighted by molar-refractivity contribution is 7.10. The standard InChI is InChI=1S/C26H24ClN3O2S/c1-2-3-8-24(31)30-15-13-19(14-16-30)26-29-23(17-33-26)25(32)28-22-7-5-4-6-21(22)18-9-11-20(27)12-10-18/h1,4-7,9-12,17,19H,3,8,13-16H2,(H,28,32). The Balaban J connectivity index is 1.40. The maximum absolute atomic E-state index is 12.9. The van der Waals surface area contributed by atoms with Gasteiger partial charge in [-0.05, 0) is 36.6 Å². The van der Waals surface area contributed by atoms with Crippen molar-refractivity contribution in [1.82, 2.24) is 9.88 Å². The molecule has 0 spiro atoms.